The molecule has 0 atom stereocenters. The third-order valence-electron chi connectivity index (χ3n) is 3.50. The Morgan fingerprint density at radius 3 is 2.11 bits per heavy atom. The number of aliphatic carboxylic acids is 1. The molecule has 0 aliphatic rings. The Kier molecular flexibility index (Phi) is 7.83. The van der Waals surface area contributed by atoms with Crippen molar-refractivity contribution in [3.63, 3.8) is 0 Å². The Balaban J connectivity index is 1.79. The molecule has 0 aromatic heterocycles. The van der Waals surface area contributed by atoms with Gasteiger partial charge in [-0.05, 0) is 55.0 Å². The number of anilines is 1. The molecular weight excluding hydrogens is 364 g/mol. The average Bonchev–Trinajstić information content (AvgIpc) is 2.70. The predicted octanol–water partition coefficient (Wildman–Crippen LogP) is 2.31. The van der Waals surface area contributed by atoms with E-state index in [0.717, 1.165) is 12.2 Å². The first-order chi connectivity index (χ1) is 13.5. The van der Waals surface area contributed by atoms with Crippen molar-refractivity contribution in [3.8, 4) is 11.5 Å². The van der Waals surface area contributed by atoms with Gasteiger partial charge < -0.3 is 25.2 Å². The number of amides is 2. The molecule has 0 bridgehead atoms. The summed E-state index contributed by atoms with van der Waals surface area (Å²) in [5, 5.41) is 13.5. The lowest BCUT2D eigenvalue weighted by Crippen LogP contribution is -2.29. The Morgan fingerprint density at radius 2 is 1.54 bits per heavy atom. The number of carboxylic acid groups (broad SMARTS) is 1. The fraction of sp³-hybridized carbons (Fsp3) is 0.250. The van der Waals surface area contributed by atoms with Gasteiger partial charge in [0.05, 0.1) is 6.61 Å². The second kappa shape index (κ2) is 10.6. The third kappa shape index (κ3) is 6.99. The topological polar surface area (TPSA) is 114 Å². The zero-order valence-corrected chi connectivity index (χ0v) is 15.4. The molecule has 0 heterocycles. The van der Waals surface area contributed by atoms with Crippen molar-refractivity contribution in [1.82, 2.24) is 5.32 Å². The quantitative estimate of drug-likeness (QED) is 0.577. The van der Waals surface area contributed by atoms with E-state index in [9.17, 15) is 14.4 Å². The summed E-state index contributed by atoms with van der Waals surface area (Å²) in [4.78, 5) is 34.2. The van der Waals surface area contributed by atoms with Crippen LogP contribution in [-0.2, 0) is 9.59 Å². The zero-order chi connectivity index (χ0) is 20.4. The van der Waals surface area contributed by atoms with Crippen LogP contribution in [0.3, 0.4) is 0 Å². The van der Waals surface area contributed by atoms with Crippen molar-refractivity contribution in [2.75, 3.05) is 25.1 Å². The molecule has 0 aliphatic carbocycles. The summed E-state index contributed by atoms with van der Waals surface area (Å²) < 4.78 is 10.9. The van der Waals surface area contributed by atoms with E-state index in [4.69, 9.17) is 14.6 Å². The van der Waals surface area contributed by atoms with Gasteiger partial charge in [0, 0.05) is 11.3 Å². The van der Waals surface area contributed by atoms with Crippen LogP contribution in [0.2, 0.25) is 0 Å². The number of carbonyl (C=O) groups excluding carboxylic acids is 2. The number of carbonyl (C=O) groups is 3. The Hall–Kier alpha value is -3.55. The average molecular weight is 386 g/mol. The molecule has 0 unspecified atom stereocenters. The molecule has 0 saturated carbocycles. The molecule has 2 rings (SSSR count). The molecule has 0 saturated heterocycles. The zero-order valence-electron chi connectivity index (χ0n) is 15.4. The molecule has 0 aliphatic heterocycles. The molecule has 8 heteroatoms. The number of nitrogens with one attached hydrogen (secondary N) is 2. The van der Waals surface area contributed by atoms with Gasteiger partial charge in [0.2, 0.25) is 0 Å². The highest BCUT2D eigenvalue weighted by Gasteiger charge is 2.08. The monoisotopic (exact) mass is 386 g/mol. The van der Waals surface area contributed by atoms with Crippen molar-refractivity contribution < 1.29 is 29.0 Å². The van der Waals surface area contributed by atoms with Gasteiger partial charge >= 0.3 is 5.97 Å². The SMILES string of the molecule is CCCOc1ccc(OCC(=O)Nc2ccc(C(=O)NCC(=O)O)cc2)cc1. The van der Waals surface area contributed by atoms with Gasteiger partial charge in [0.15, 0.2) is 6.61 Å². The highest BCUT2D eigenvalue weighted by molar-refractivity contribution is 5.97. The van der Waals surface area contributed by atoms with Crippen LogP contribution in [0.1, 0.15) is 23.7 Å². The van der Waals surface area contributed by atoms with E-state index >= 15 is 0 Å². The van der Waals surface area contributed by atoms with Crippen LogP contribution < -0.4 is 20.1 Å². The largest absolute Gasteiger partial charge is 0.494 e. The normalized spacial score (nSPS) is 10.0. The lowest BCUT2D eigenvalue weighted by Gasteiger charge is -2.09. The molecule has 8 nitrogen and oxygen atoms in total. The van der Waals surface area contributed by atoms with Gasteiger partial charge in [-0.25, -0.2) is 0 Å². The molecule has 2 aromatic rings. The maximum atomic E-state index is 12.0. The van der Waals surface area contributed by atoms with Crippen LogP contribution in [0.4, 0.5) is 5.69 Å². The molecule has 28 heavy (non-hydrogen) atoms. The van der Waals surface area contributed by atoms with Gasteiger partial charge in [0.25, 0.3) is 11.8 Å². The molecular formula is C20H22N2O6. The van der Waals surface area contributed by atoms with Crippen molar-refractivity contribution in [1.29, 1.82) is 0 Å². The third-order valence-corrected chi connectivity index (χ3v) is 3.50. The van der Waals surface area contributed by atoms with E-state index in [0.29, 0.717) is 23.6 Å². The number of carboxylic acids is 1. The highest BCUT2D eigenvalue weighted by atomic mass is 16.5. The predicted molar refractivity (Wildman–Crippen MR) is 103 cm³/mol. The maximum absolute atomic E-state index is 12.0. The number of rotatable bonds is 10. The van der Waals surface area contributed by atoms with E-state index < -0.39 is 18.4 Å². The second-order valence-corrected chi connectivity index (χ2v) is 5.81. The van der Waals surface area contributed by atoms with Crippen LogP contribution in [0.15, 0.2) is 48.5 Å². The minimum absolute atomic E-state index is 0.171. The molecule has 0 fully saturated rings. The van der Waals surface area contributed by atoms with Crippen molar-refractivity contribution in [2.45, 2.75) is 13.3 Å². The first-order valence-electron chi connectivity index (χ1n) is 8.73. The minimum atomic E-state index is -1.12. The van der Waals surface area contributed by atoms with Crippen molar-refractivity contribution in [3.05, 3.63) is 54.1 Å². The van der Waals surface area contributed by atoms with Crippen molar-refractivity contribution >= 4 is 23.5 Å². The van der Waals surface area contributed by atoms with Gasteiger partial charge in [-0.2, -0.15) is 0 Å². The van der Waals surface area contributed by atoms with E-state index in [-0.39, 0.29) is 12.5 Å². The Labute approximate surface area is 162 Å². The lowest BCUT2D eigenvalue weighted by atomic mass is 10.2. The number of ether oxygens (including phenoxy) is 2. The van der Waals surface area contributed by atoms with Gasteiger partial charge in [0.1, 0.15) is 18.0 Å². The Bertz CT molecular complexity index is 802. The van der Waals surface area contributed by atoms with Crippen LogP contribution in [0, 0.1) is 0 Å². The van der Waals surface area contributed by atoms with E-state index in [1.165, 1.54) is 12.1 Å². The standard InChI is InChI=1S/C20H22N2O6/c1-2-11-27-16-7-9-17(10-8-16)28-13-18(23)22-15-5-3-14(4-6-15)20(26)21-12-19(24)25/h3-10H,2,11-13H2,1H3,(H,21,26)(H,22,23)(H,24,25). The summed E-state index contributed by atoms with van der Waals surface area (Å²) in [6.07, 6.45) is 0.923. The highest BCUT2D eigenvalue weighted by Crippen LogP contribution is 2.18. The van der Waals surface area contributed by atoms with E-state index in [1.54, 1.807) is 36.4 Å². The Morgan fingerprint density at radius 1 is 0.929 bits per heavy atom. The molecule has 2 amide bonds. The molecule has 3 N–H and O–H groups in total. The summed E-state index contributed by atoms with van der Waals surface area (Å²) >= 11 is 0. The number of benzene rings is 2. The summed E-state index contributed by atoms with van der Waals surface area (Å²) in [5.74, 6) is -0.694. The molecule has 148 valence electrons. The minimum Gasteiger partial charge on any atom is -0.494 e. The fourth-order valence-corrected chi connectivity index (χ4v) is 2.16. The van der Waals surface area contributed by atoms with Gasteiger partial charge in [-0.1, -0.05) is 6.92 Å². The van der Waals surface area contributed by atoms with E-state index in [1.807, 2.05) is 6.92 Å². The summed E-state index contributed by atoms with van der Waals surface area (Å²) in [6, 6.07) is 13.1. The number of hydrogen-bond donors (Lipinski definition) is 3. The second-order valence-electron chi connectivity index (χ2n) is 5.81. The van der Waals surface area contributed by atoms with Crippen molar-refractivity contribution in [2.24, 2.45) is 0 Å². The van der Waals surface area contributed by atoms with E-state index in [2.05, 4.69) is 10.6 Å². The summed E-state index contributed by atoms with van der Waals surface area (Å²) in [5.41, 5.74) is 0.785. The van der Waals surface area contributed by atoms with Crippen LogP contribution in [-0.4, -0.2) is 42.6 Å². The first kappa shape index (κ1) is 20.8. The summed E-state index contributed by atoms with van der Waals surface area (Å²) in [7, 11) is 0. The van der Waals surface area contributed by atoms with Crippen LogP contribution in [0.5, 0.6) is 11.5 Å². The van der Waals surface area contributed by atoms with Gasteiger partial charge in [-0.3, -0.25) is 14.4 Å². The maximum Gasteiger partial charge on any atom is 0.322 e. The molecule has 0 radical (unpaired) electrons. The first-order valence-corrected chi connectivity index (χ1v) is 8.73. The van der Waals surface area contributed by atoms with Crippen LogP contribution in [0.25, 0.3) is 0 Å². The fourth-order valence-electron chi connectivity index (χ4n) is 2.16. The number of hydrogen-bond acceptors (Lipinski definition) is 5. The van der Waals surface area contributed by atoms with Crippen LogP contribution >= 0.6 is 0 Å². The molecule has 2 aromatic carbocycles. The summed E-state index contributed by atoms with van der Waals surface area (Å²) in [6.45, 7) is 2.04. The smallest absolute Gasteiger partial charge is 0.322 e. The van der Waals surface area contributed by atoms with Gasteiger partial charge in [-0.15, -0.1) is 0 Å². The molecule has 0 spiro atoms. The lowest BCUT2D eigenvalue weighted by molar-refractivity contribution is -0.135.